The summed E-state index contributed by atoms with van der Waals surface area (Å²) in [5.41, 5.74) is 3.98. The first-order valence-corrected chi connectivity index (χ1v) is 11.7. The van der Waals surface area contributed by atoms with Gasteiger partial charge in [-0.05, 0) is 62.2 Å². The maximum absolute atomic E-state index is 13.1. The van der Waals surface area contributed by atoms with Crippen LogP contribution in [-0.4, -0.2) is 39.9 Å². The third-order valence-corrected chi connectivity index (χ3v) is 6.59. The zero-order chi connectivity index (χ0) is 22.6. The second-order valence-corrected chi connectivity index (χ2v) is 8.77. The molecule has 5 rings (SSSR count). The number of hydrogen-bond acceptors (Lipinski definition) is 3. The zero-order valence-electron chi connectivity index (χ0n) is 19.1. The molecule has 0 radical (unpaired) electrons. The Morgan fingerprint density at radius 1 is 0.912 bits per heavy atom. The van der Waals surface area contributed by atoms with Crippen molar-refractivity contribution in [1.29, 1.82) is 0 Å². The van der Waals surface area contributed by atoms with Crippen LogP contribution in [0.4, 0.5) is 4.39 Å². The third-order valence-electron chi connectivity index (χ3n) is 6.59. The minimum absolute atomic E-state index is 0. The quantitative estimate of drug-likeness (QED) is 0.283. The van der Waals surface area contributed by atoms with Crippen LogP contribution in [0, 0.1) is 5.82 Å². The molecule has 4 nitrogen and oxygen atoms in total. The van der Waals surface area contributed by atoms with Gasteiger partial charge in [0.15, 0.2) is 5.78 Å². The Labute approximate surface area is 205 Å². The lowest BCUT2D eigenvalue weighted by molar-refractivity contribution is 0.0970. The van der Waals surface area contributed by atoms with E-state index in [9.17, 15) is 9.18 Å². The number of fused-ring (bicyclic) bond motifs is 1. The Morgan fingerprint density at radius 3 is 2.32 bits per heavy atom. The summed E-state index contributed by atoms with van der Waals surface area (Å²) in [7, 11) is 0. The molecule has 4 aromatic rings. The van der Waals surface area contributed by atoms with Gasteiger partial charge in [-0.2, -0.15) is 0 Å². The van der Waals surface area contributed by atoms with Gasteiger partial charge in [0, 0.05) is 36.7 Å². The molecule has 3 aromatic carbocycles. The van der Waals surface area contributed by atoms with Crippen molar-refractivity contribution in [3.8, 4) is 11.4 Å². The van der Waals surface area contributed by atoms with Crippen LogP contribution < -0.4 is 0 Å². The molecule has 0 saturated carbocycles. The van der Waals surface area contributed by atoms with E-state index < -0.39 is 0 Å². The van der Waals surface area contributed by atoms with Gasteiger partial charge >= 0.3 is 0 Å². The number of carbonyl (C=O) groups is 1. The highest BCUT2D eigenvalue weighted by atomic mass is 35.5. The molecule has 34 heavy (non-hydrogen) atoms. The summed E-state index contributed by atoms with van der Waals surface area (Å²) in [5, 5.41) is 0. The molecule has 0 aliphatic carbocycles. The first-order valence-electron chi connectivity index (χ1n) is 11.7. The van der Waals surface area contributed by atoms with Gasteiger partial charge in [-0.3, -0.25) is 4.79 Å². The van der Waals surface area contributed by atoms with Gasteiger partial charge < -0.3 is 9.47 Å². The van der Waals surface area contributed by atoms with Gasteiger partial charge in [0.05, 0.1) is 11.0 Å². The van der Waals surface area contributed by atoms with Crippen molar-refractivity contribution in [2.24, 2.45) is 0 Å². The summed E-state index contributed by atoms with van der Waals surface area (Å²) in [6.45, 7) is 2.93. The Kier molecular flexibility index (Phi) is 7.76. The molecule has 0 spiro atoms. The summed E-state index contributed by atoms with van der Waals surface area (Å²) >= 11 is 0. The largest absolute Gasteiger partial charge is 0.321 e. The second kappa shape index (κ2) is 10.9. The molecule has 1 aliphatic heterocycles. The third kappa shape index (κ3) is 5.21. The van der Waals surface area contributed by atoms with Crippen LogP contribution in [0.1, 0.15) is 42.1 Å². The lowest BCUT2D eigenvalue weighted by Gasteiger charge is -2.33. The fourth-order valence-electron chi connectivity index (χ4n) is 4.85. The number of hydrogen-bond donors (Lipinski definition) is 0. The number of rotatable bonds is 7. The van der Waals surface area contributed by atoms with Crippen molar-refractivity contribution in [3.05, 3.63) is 90.2 Å². The molecular formula is C28H29ClFN3O. The molecular weight excluding hydrogens is 449 g/mol. The fraction of sp³-hybridized carbons (Fsp3) is 0.286. The van der Waals surface area contributed by atoms with Crippen LogP contribution in [0.5, 0.6) is 0 Å². The molecule has 176 valence electrons. The van der Waals surface area contributed by atoms with Crippen LogP contribution in [-0.2, 0) is 0 Å². The SMILES string of the molecule is Cl.O=C(CCCN1CCC(n2c(-c3ccccc3)nc3ccccc32)CC1)c1ccc(F)cc1. The molecule has 0 amide bonds. The first kappa shape index (κ1) is 24.1. The molecule has 6 heteroatoms. The van der Waals surface area contributed by atoms with Gasteiger partial charge in [0.2, 0.25) is 0 Å². The van der Waals surface area contributed by atoms with Crippen molar-refractivity contribution < 1.29 is 9.18 Å². The van der Waals surface area contributed by atoms with Gasteiger partial charge in [0.1, 0.15) is 11.6 Å². The molecule has 1 aromatic heterocycles. The van der Waals surface area contributed by atoms with Crippen molar-refractivity contribution in [2.45, 2.75) is 31.7 Å². The van der Waals surface area contributed by atoms with E-state index in [1.54, 1.807) is 12.1 Å². The highest BCUT2D eigenvalue weighted by molar-refractivity contribution is 5.95. The number of para-hydroxylation sites is 2. The molecule has 1 saturated heterocycles. The molecule has 1 fully saturated rings. The van der Waals surface area contributed by atoms with Gasteiger partial charge in [-0.15, -0.1) is 12.4 Å². The van der Waals surface area contributed by atoms with E-state index >= 15 is 0 Å². The number of nitrogens with zero attached hydrogens (tertiary/aromatic N) is 3. The molecule has 0 bridgehead atoms. The maximum Gasteiger partial charge on any atom is 0.162 e. The van der Waals surface area contributed by atoms with Crippen molar-refractivity contribution in [1.82, 2.24) is 14.5 Å². The highest BCUT2D eigenvalue weighted by Gasteiger charge is 2.25. The standard InChI is InChI=1S/C28H28FN3O.ClH/c29-23-14-12-21(13-15-23)27(33)11-6-18-31-19-16-24(17-20-31)32-26-10-5-4-9-25(26)30-28(32)22-7-2-1-3-8-22;/h1-5,7-10,12-15,24H,6,11,16-20H2;1H. The van der Waals surface area contributed by atoms with E-state index in [0.717, 1.165) is 55.8 Å². The van der Waals surface area contributed by atoms with Crippen LogP contribution in [0.25, 0.3) is 22.4 Å². The van der Waals surface area contributed by atoms with E-state index in [-0.39, 0.29) is 24.0 Å². The lowest BCUT2D eigenvalue weighted by Crippen LogP contribution is -2.35. The van der Waals surface area contributed by atoms with E-state index in [4.69, 9.17) is 4.98 Å². The predicted molar refractivity (Wildman–Crippen MR) is 137 cm³/mol. The Balaban J connectivity index is 0.00000274. The normalized spacial score (nSPS) is 14.7. The molecule has 0 unspecified atom stereocenters. The Hall–Kier alpha value is -3.02. The van der Waals surface area contributed by atoms with Gasteiger partial charge in [-0.1, -0.05) is 42.5 Å². The number of piperidine rings is 1. The summed E-state index contributed by atoms with van der Waals surface area (Å²) < 4.78 is 15.5. The summed E-state index contributed by atoms with van der Waals surface area (Å²) in [4.78, 5) is 19.8. The topological polar surface area (TPSA) is 38.1 Å². The van der Waals surface area contributed by atoms with Crippen LogP contribution in [0.15, 0.2) is 78.9 Å². The van der Waals surface area contributed by atoms with Gasteiger partial charge in [0.25, 0.3) is 0 Å². The van der Waals surface area contributed by atoms with Crippen molar-refractivity contribution in [3.63, 3.8) is 0 Å². The highest BCUT2D eigenvalue weighted by Crippen LogP contribution is 2.33. The first-order chi connectivity index (χ1) is 16.2. The number of benzene rings is 3. The average Bonchev–Trinajstić information content (AvgIpc) is 3.25. The Bertz CT molecular complexity index is 1230. The number of ketones is 1. The predicted octanol–water partition coefficient (Wildman–Crippen LogP) is 6.56. The van der Waals surface area contributed by atoms with Crippen molar-refractivity contribution >= 4 is 29.2 Å². The number of Topliss-reactive ketones (excluding diaryl/α,β-unsaturated/α-hetero) is 1. The number of aromatic nitrogens is 2. The monoisotopic (exact) mass is 477 g/mol. The van der Waals surface area contributed by atoms with E-state index in [1.165, 1.54) is 17.6 Å². The summed E-state index contributed by atoms with van der Waals surface area (Å²) in [6, 6.07) is 25.1. The minimum Gasteiger partial charge on any atom is -0.321 e. The molecule has 0 N–H and O–H groups in total. The maximum atomic E-state index is 13.1. The molecule has 0 atom stereocenters. The summed E-state index contributed by atoms with van der Waals surface area (Å²) in [5.74, 6) is 0.818. The number of halogens is 2. The fourth-order valence-corrected chi connectivity index (χ4v) is 4.85. The second-order valence-electron chi connectivity index (χ2n) is 8.77. The Morgan fingerprint density at radius 2 is 1.59 bits per heavy atom. The molecule has 2 heterocycles. The lowest BCUT2D eigenvalue weighted by atomic mass is 10.0. The van der Waals surface area contributed by atoms with Gasteiger partial charge in [-0.25, -0.2) is 9.37 Å². The molecule has 1 aliphatic rings. The smallest absolute Gasteiger partial charge is 0.162 e. The minimum atomic E-state index is -0.310. The number of likely N-dealkylation sites (tertiary alicyclic amines) is 1. The zero-order valence-corrected chi connectivity index (χ0v) is 19.9. The van der Waals surface area contributed by atoms with Crippen LogP contribution in [0.2, 0.25) is 0 Å². The van der Waals surface area contributed by atoms with Crippen molar-refractivity contribution in [2.75, 3.05) is 19.6 Å². The summed E-state index contributed by atoms with van der Waals surface area (Å²) in [6.07, 6.45) is 3.44. The van der Waals surface area contributed by atoms with Crippen LogP contribution >= 0.6 is 12.4 Å². The number of carbonyl (C=O) groups excluding carboxylic acids is 1. The van der Waals surface area contributed by atoms with E-state index in [1.807, 2.05) is 12.1 Å². The van der Waals surface area contributed by atoms with E-state index in [0.29, 0.717) is 18.0 Å². The number of imidazole rings is 1. The van der Waals surface area contributed by atoms with E-state index in [2.05, 4.69) is 51.9 Å². The average molecular weight is 478 g/mol. The van der Waals surface area contributed by atoms with Crippen LogP contribution in [0.3, 0.4) is 0 Å².